The van der Waals surface area contributed by atoms with Crippen LogP contribution < -0.4 is 21.0 Å². The lowest BCUT2D eigenvalue weighted by Crippen LogP contribution is -2.36. The zero-order valence-corrected chi connectivity index (χ0v) is 17.4. The maximum Gasteiger partial charge on any atom is 0.257 e. The fourth-order valence-electron chi connectivity index (χ4n) is 2.25. The molecule has 9 nitrogen and oxygen atoms in total. The summed E-state index contributed by atoms with van der Waals surface area (Å²) in [6.45, 7) is 5.34. The summed E-state index contributed by atoms with van der Waals surface area (Å²) in [5.74, 6) is -0.483. The summed E-state index contributed by atoms with van der Waals surface area (Å²) < 4.78 is 5.43. The molecule has 1 aromatic carbocycles. The molecule has 3 N–H and O–H groups in total. The number of hydrogen-bond acceptors (Lipinski definition) is 6. The monoisotopic (exact) mass is 424 g/mol. The second-order valence-electron chi connectivity index (χ2n) is 7.37. The Labute approximate surface area is 174 Å². The Morgan fingerprint density at radius 3 is 2.62 bits per heavy atom. The van der Waals surface area contributed by atoms with Crippen LogP contribution >= 0.6 is 11.6 Å². The molecule has 0 fully saturated rings. The molecule has 0 atom stereocenters. The van der Waals surface area contributed by atoms with E-state index in [2.05, 4.69) is 21.3 Å². The molecule has 0 radical (unpaired) electrons. The van der Waals surface area contributed by atoms with Crippen molar-refractivity contribution in [2.45, 2.75) is 45.6 Å². The van der Waals surface area contributed by atoms with Crippen LogP contribution in [0.25, 0.3) is 0 Å². The average Bonchev–Trinajstić information content (AvgIpc) is 2.65. The third-order valence-electron chi connectivity index (χ3n) is 3.67. The molecule has 1 aromatic rings. The first-order valence-corrected chi connectivity index (χ1v) is 9.53. The minimum atomic E-state index is -0.487. The standard InChI is InChI=1S/C19H25ClN4O5/c1-19(2,3)29-24-17(26)8-9-21-18(27)11-28-15-6-4-12(10-13(15)20)14-5-7-16(25)23-22-14/h4,6,10H,5,7-9,11H2,1-3H3,(H,21,27)(H,23,25)(H,24,26). The molecule has 1 aliphatic heterocycles. The number of nitrogens with one attached hydrogen (secondary N) is 3. The zero-order chi connectivity index (χ0) is 21.4. The van der Waals surface area contributed by atoms with Crippen molar-refractivity contribution in [1.29, 1.82) is 0 Å². The molecular weight excluding hydrogens is 400 g/mol. The number of hydrazone groups is 1. The fourth-order valence-corrected chi connectivity index (χ4v) is 2.49. The molecule has 0 aliphatic carbocycles. The van der Waals surface area contributed by atoms with Crippen LogP contribution in [-0.2, 0) is 19.2 Å². The molecule has 10 heteroatoms. The third kappa shape index (κ3) is 8.08. The van der Waals surface area contributed by atoms with Gasteiger partial charge in [0.2, 0.25) is 11.8 Å². The number of rotatable bonds is 8. The van der Waals surface area contributed by atoms with Crippen LogP contribution in [0.3, 0.4) is 0 Å². The van der Waals surface area contributed by atoms with Crippen molar-refractivity contribution in [2.24, 2.45) is 5.10 Å². The van der Waals surface area contributed by atoms with Crippen LogP contribution in [0.5, 0.6) is 5.75 Å². The van der Waals surface area contributed by atoms with Crippen molar-refractivity contribution >= 4 is 35.0 Å². The smallest absolute Gasteiger partial charge is 0.257 e. The van der Waals surface area contributed by atoms with Gasteiger partial charge in [-0.1, -0.05) is 11.6 Å². The van der Waals surface area contributed by atoms with E-state index in [0.29, 0.717) is 23.6 Å². The highest BCUT2D eigenvalue weighted by molar-refractivity contribution is 6.32. The molecule has 29 heavy (non-hydrogen) atoms. The Bertz CT molecular complexity index is 804. The van der Waals surface area contributed by atoms with E-state index in [1.165, 1.54) is 0 Å². The topological polar surface area (TPSA) is 118 Å². The van der Waals surface area contributed by atoms with Crippen molar-refractivity contribution in [3.8, 4) is 5.75 Å². The minimum absolute atomic E-state index is 0.0793. The van der Waals surface area contributed by atoms with Gasteiger partial charge in [0.05, 0.1) is 16.3 Å². The largest absolute Gasteiger partial charge is 0.482 e. The second-order valence-corrected chi connectivity index (χ2v) is 7.77. The predicted octanol–water partition coefficient (Wildman–Crippen LogP) is 1.69. The summed E-state index contributed by atoms with van der Waals surface area (Å²) in [6, 6.07) is 5.07. The molecule has 0 spiro atoms. The van der Waals surface area contributed by atoms with Crippen LogP contribution in [0.4, 0.5) is 0 Å². The van der Waals surface area contributed by atoms with Gasteiger partial charge in [0, 0.05) is 25.8 Å². The van der Waals surface area contributed by atoms with Crippen LogP contribution in [0.15, 0.2) is 23.3 Å². The van der Waals surface area contributed by atoms with Gasteiger partial charge in [0.1, 0.15) is 5.75 Å². The number of hydroxylamine groups is 1. The predicted molar refractivity (Wildman–Crippen MR) is 107 cm³/mol. The van der Waals surface area contributed by atoms with E-state index < -0.39 is 5.60 Å². The van der Waals surface area contributed by atoms with E-state index in [1.807, 2.05) is 20.8 Å². The van der Waals surface area contributed by atoms with E-state index in [4.69, 9.17) is 21.2 Å². The summed E-state index contributed by atoms with van der Waals surface area (Å²) >= 11 is 6.21. The SMILES string of the molecule is CC(C)(C)ONC(=O)CCNC(=O)COc1ccc(C2=NNC(=O)CC2)cc1Cl. The van der Waals surface area contributed by atoms with E-state index in [1.54, 1.807) is 18.2 Å². The zero-order valence-electron chi connectivity index (χ0n) is 16.6. The van der Waals surface area contributed by atoms with E-state index >= 15 is 0 Å². The first kappa shape index (κ1) is 22.6. The maximum absolute atomic E-state index is 11.9. The Balaban J connectivity index is 1.74. The Hall–Kier alpha value is -2.65. The number of hydrogen-bond donors (Lipinski definition) is 3. The lowest BCUT2D eigenvalue weighted by Gasteiger charge is -2.18. The highest BCUT2D eigenvalue weighted by Crippen LogP contribution is 2.26. The maximum atomic E-state index is 11.9. The van der Waals surface area contributed by atoms with Gasteiger partial charge in [-0.2, -0.15) is 5.10 Å². The van der Waals surface area contributed by atoms with Gasteiger partial charge < -0.3 is 10.1 Å². The van der Waals surface area contributed by atoms with Gasteiger partial charge in [0.15, 0.2) is 6.61 Å². The second kappa shape index (κ2) is 10.2. The number of halogens is 1. The molecule has 0 saturated carbocycles. The number of nitrogens with zero attached hydrogens (tertiary/aromatic N) is 1. The van der Waals surface area contributed by atoms with Gasteiger partial charge in [-0.05, 0) is 44.5 Å². The minimum Gasteiger partial charge on any atom is -0.482 e. The van der Waals surface area contributed by atoms with E-state index in [-0.39, 0.29) is 37.3 Å². The van der Waals surface area contributed by atoms with E-state index in [9.17, 15) is 14.4 Å². The molecular formula is C19H25ClN4O5. The molecule has 0 saturated heterocycles. The highest BCUT2D eigenvalue weighted by Gasteiger charge is 2.15. The van der Waals surface area contributed by atoms with Crippen molar-refractivity contribution in [1.82, 2.24) is 16.2 Å². The van der Waals surface area contributed by atoms with Crippen molar-refractivity contribution in [3.63, 3.8) is 0 Å². The Morgan fingerprint density at radius 2 is 2.00 bits per heavy atom. The van der Waals surface area contributed by atoms with Crippen LogP contribution in [0.2, 0.25) is 5.02 Å². The fraction of sp³-hybridized carbons (Fsp3) is 0.474. The molecule has 0 bridgehead atoms. The summed E-state index contributed by atoms with van der Waals surface area (Å²) in [4.78, 5) is 39.8. The highest BCUT2D eigenvalue weighted by atomic mass is 35.5. The van der Waals surface area contributed by atoms with Crippen molar-refractivity contribution in [2.75, 3.05) is 13.2 Å². The summed E-state index contributed by atoms with van der Waals surface area (Å²) in [5.41, 5.74) is 5.77. The van der Waals surface area contributed by atoms with Gasteiger partial charge in [-0.25, -0.2) is 10.9 Å². The first-order chi connectivity index (χ1) is 13.6. The molecule has 0 aromatic heterocycles. The lowest BCUT2D eigenvalue weighted by molar-refractivity contribution is -0.145. The lowest BCUT2D eigenvalue weighted by atomic mass is 10.0. The molecule has 1 heterocycles. The Kier molecular flexibility index (Phi) is 7.98. The number of carbonyl (C=O) groups is 3. The third-order valence-corrected chi connectivity index (χ3v) is 3.97. The molecule has 158 valence electrons. The summed E-state index contributed by atoms with van der Waals surface area (Å²) in [6.07, 6.45) is 0.976. The van der Waals surface area contributed by atoms with Gasteiger partial charge in [-0.15, -0.1) is 0 Å². The van der Waals surface area contributed by atoms with Gasteiger partial charge in [0.25, 0.3) is 5.91 Å². The van der Waals surface area contributed by atoms with Crippen LogP contribution in [-0.4, -0.2) is 42.2 Å². The molecule has 0 unspecified atom stereocenters. The normalized spacial score (nSPS) is 13.9. The molecule has 1 aliphatic rings. The quantitative estimate of drug-likeness (QED) is 0.549. The van der Waals surface area contributed by atoms with Gasteiger partial charge >= 0.3 is 0 Å². The van der Waals surface area contributed by atoms with Crippen LogP contribution in [0.1, 0.15) is 45.6 Å². The number of amides is 3. The first-order valence-electron chi connectivity index (χ1n) is 9.16. The average molecular weight is 425 g/mol. The van der Waals surface area contributed by atoms with Crippen molar-refractivity contribution < 1.29 is 24.0 Å². The number of ether oxygens (including phenoxy) is 1. The molecule has 3 amide bonds. The summed E-state index contributed by atoms with van der Waals surface area (Å²) in [5, 5.41) is 6.92. The van der Waals surface area contributed by atoms with Gasteiger partial charge in [-0.3, -0.25) is 19.2 Å². The van der Waals surface area contributed by atoms with Crippen molar-refractivity contribution in [3.05, 3.63) is 28.8 Å². The Morgan fingerprint density at radius 1 is 1.24 bits per heavy atom. The number of carbonyl (C=O) groups excluding carboxylic acids is 3. The van der Waals surface area contributed by atoms with Crippen LogP contribution in [0, 0.1) is 0 Å². The van der Waals surface area contributed by atoms with E-state index in [0.717, 1.165) is 11.3 Å². The summed E-state index contributed by atoms with van der Waals surface area (Å²) in [7, 11) is 0. The molecule has 2 rings (SSSR count). The number of benzene rings is 1.